The van der Waals surface area contributed by atoms with E-state index in [0.717, 1.165) is 15.6 Å². The Kier molecular flexibility index (Phi) is 1.86. The maximum absolute atomic E-state index is 5.39. The summed E-state index contributed by atoms with van der Waals surface area (Å²) in [6.45, 7) is 0.334. The van der Waals surface area contributed by atoms with E-state index in [9.17, 15) is 0 Å². The van der Waals surface area contributed by atoms with Crippen LogP contribution in [-0.4, -0.2) is 4.98 Å². The summed E-state index contributed by atoms with van der Waals surface area (Å²) in [4.78, 5) is 4.19. The topological polar surface area (TPSA) is 52.0 Å². The number of oxazole rings is 1. The molecular weight excluding hydrogens is 220 g/mol. The number of rotatable bonds is 1. The fraction of sp³-hybridized carbons (Fsp3) is 0.125. The Morgan fingerprint density at radius 3 is 3.00 bits per heavy atom. The largest absolute Gasteiger partial charge is 0.439 e. The van der Waals surface area contributed by atoms with Crippen LogP contribution < -0.4 is 5.73 Å². The number of hydrogen-bond donors (Lipinski definition) is 1. The van der Waals surface area contributed by atoms with Crippen LogP contribution in [0.25, 0.3) is 11.1 Å². The van der Waals surface area contributed by atoms with Gasteiger partial charge in [-0.15, -0.1) is 0 Å². The second-order valence-corrected chi connectivity index (χ2v) is 3.25. The number of halogens is 1. The molecule has 0 saturated carbocycles. The molecule has 4 heteroatoms. The third-order valence-electron chi connectivity index (χ3n) is 1.59. The van der Waals surface area contributed by atoms with Gasteiger partial charge in [0.1, 0.15) is 5.52 Å². The highest BCUT2D eigenvalue weighted by Crippen LogP contribution is 2.23. The first-order valence-corrected chi connectivity index (χ1v) is 4.34. The maximum atomic E-state index is 5.39. The molecule has 1 aromatic carbocycles. The molecule has 0 atom stereocenters. The summed E-state index contributed by atoms with van der Waals surface area (Å²) in [6.07, 6.45) is 0. The van der Waals surface area contributed by atoms with Crippen molar-refractivity contribution in [1.82, 2.24) is 4.98 Å². The van der Waals surface area contributed by atoms with Crippen molar-refractivity contribution in [3.05, 3.63) is 28.6 Å². The molecule has 0 saturated heterocycles. The number of nitrogens with two attached hydrogens (primary N) is 1. The van der Waals surface area contributed by atoms with Gasteiger partial charge in [-0.1, -0.05) is 6.07 Å². The van der Waals surface area contributed by atoms with Gasteiger partial charge >= 0.3 is 0 Å². The van der Waals surface area contributed by atoms with E-state index < -0.39 is 0 Å². The Morgan fingerprint density at radius 1 is 1.50 bits per heavy atom. The van der Waals surface area contributed by atoms with Gasteiger partial charge in [0.05, 0.1) is 6.54 Å². The lowest BCUT2D eigenvalue weighted by Gasteiger charge is -1.86. The Labute approximate surface area is 77.7 Å². The molecule has 0 unspecified atom stereocenters. The van der Waals surface area contributed by atoms with E-state index in [0.29, 0.717) is 12.4 Å². The van der Waals surface area contributed by atoms with Gasteiger partial charge in [0.2, 0.25) is 5.89 Å². The van der Waals surface area contributed by atoms with Gasteiger partial charge in [0.25, 0.3) is 0 Å². The molecule has 0 aliphatic carbocycles. The summed E-state index contributed by atoms with van der Waals surface area (Å²) in [5, 5.41) is 0. The molecule has 62 valence electrons. The van der Waals surface area contributed by atoms with Crippen LogP contribution in [-0.2, 0) is 6.54 Å². The fourth-order valence-corrected chi connectivity index (χ4v) is 1.48. The van der Waals surface area contributed by atoms with E-state index in [1.165, 1.54) is 0 Å². The third kappa shape index (κ3) is 1.13. The minimum Gasteiger partial charge on any atom is -0.439 e. The van der Waals surface area contributed by atoms with Crippen molar-refractivity contribution < 1.29 is 4.42 Å². The number of para-hydroxylation sites is 1. The third-order valence-corrected chi connectivity index (χ3v) is 2.23. The van der Waals surface area contributed by atoms with Crippen LogP contribution in [0, 0.1) is 0 Å². The smallest absolute Gasteiger partial charge is 0.209 e. The highest BCUT2D eigenvalue weighted by molar-refractivity contribution is 9.10. The molecule has 2 aromatic rings. The van der Waals surface area contributed by atoms with E-state index in [4.69, 9.17) is 10.2 Å². The Balaban J connectivity index is 2.74. The zero-order valence-corrected chi connectivity index (χ0v) is 7.84. The van der Waals surface area contributed by atoms with Crippen LogP contribution in [0.1, 0.15) is 5.89 Å². The minimum absolute atomic E-state index is 0.334. The Hall–Kier alpha value is -0.870. The number of benzene rings is 1. The van der Waals surface area contributed by atoms with Crippen molar-refractivity contribution in [1.29, 1.82) is 0 Å². The molecule has 0 aliphatic rings. The second kappa shape index (κ2) is 2.88. The molecule has 0 fully saturated rings. The van der Waals surface area contributed by atoms with E-state index >= 15 is 0 Å². The Morgan fingerprint density at radius 2 is 2.33 bits per heavy atom. The van der Waals surface area contributed by atoms with E-state index in [1.807, 2.05) is 18.2 Å². The lowest BCUT2D eigenvalue weighted by atomic mass is 10.3. The van der Waals surface area contributed by atoms with E-state index in [2.05, 4.69) is 20.9 Å². The van der Waals surface area contributed by atoms with Gasteiger partial charge in [-0.3, -0.25) is 0 Å². The monoisotopic (exact) mass is 226 g/mol. The van der Waals surface area contributed by atoms with Gasteiger partial charge in [0, 0.05) is 4.47 Å². The summed E-state index contributed by atoms with van der Waals surface area (Å²) in [6, 6.07) is 5.69. The summed E-state index contributed by atoms with van der Waals surface area (Å²) >= 11 is 3.38. The van der Waals surface area contributed by atoms with Crippen molar-refractivity contribution in [2.24, 2.45) is 5.73 Å². The number of fused-ring (bicyclic) bond motifs is 1. The van der Waals surface area contributed by atoms with Crippen LogP contribution in [0.5, 0.6) is 0 Å². The standard InChI is InChI=1S/C8H7BrN2O/c9-5-2-1-3-6-8(5)11-7(4-10)12-6/h1-3H,4,10H2. The zero-order chi connectivity index (χ0) is 8.55. The highest BCUT2D eigenvalue weighted by atomic mass is 79.9. The molecule has 0 aliphatic heterocycles. The molecule has 12 heavy (non-hydrogen) atoms. The molecule has 0 spiro atoms. The van der Waals surface area contributed by atoms with Gasteiger partial charge in [-0.2, -0.15) is 0 Å². The molecule has 2 rings (SSSR count). The molecule has 0 bridgehead atoms. The molecule has 1 heterocycles. The van der Waals surface area contributed by atoms with Crippen LogP contribution in [0.4, 0.5) is 0 Å². The number of aromatic nitrogens is 1. The molecule has 1 aromatic heterocycles. The number of hydrogen-bond acceptors (Lipinski definition) is 3. The average molecular weight is 227 g/mol. The highest BCUT2D eigenvalue weighted by Gasteiger charge is 2.05. The van der Waals surface area contributed by atoms with Crippen LogP contribution in [0.2, 0.25) is 0 Å². The molecule has 2 N–H and O–H groups in total. The van der Waals surface area contributed by atoms with Crippen LogP contribution >= 0.6 is 15.9 Å². The minimum atomic E-state index is 0.334. The quantitative estimate of drug-likeness (QED) is 0.810. The lowest BCUT2D eigenvalue weighted by Crippen LogP contribution is -1.95. The summed E-state index contributed by atoms with van der Waals surface area (Å²) < 4.78 is 6.27. The zero-order valence-electron chi connectivity index (χ0n) is 6.25. The fourth-order valence-electron chi connectivity index (χ4n) is 1.05. The first-order valence-electron chi connectivity index (χ1n) is 3.55. The maximum Gasteiger partial charge on any atom is 0.209 e. The molecule has 0 radical (unpaired) electrons. The summed E-state index contributed by atoms with van der Waals surface area (Å²) in [5.41, 5.74) is 6.99. The van der Waals surface area contributed by atoms with Crippen LogP contribution in [0.3, 0.4) is 0 Å². The lowest BCUT2D eigenvalue weighted by molar-refractivity contribution is 0.533. The summed E-state index contributed by atoms with van der Waals surface area (Å²) in [7, 11) is 0. The Bertz CT molecular complexity index is 410. The van der Waals surface area contributed by atoms with Crippen LogP contribution in [0.15, 0.2) is 27.1 Å². The normalized spacial score (nSPS) is 10.8. The van der Waals surface area contributed by atoms with Crippen molar-refractivity contribution in [3.63, 3.8) is 0 Å². The number of nitrogens with zero attached hydrogens (tertiary/aromatic N) is 1. The van der Waals surface area contributed by atoms with E-state index in [-0.39, 0.29) is 0 Å². The average Bonchev–Trinajstić information content (AvgIpc) is 2.49. The van der Waals surface area contributed by atoms with Gasteiger partial charge < -0.3 is 10.2 Å². The van der Waals surface area contributed by atoms with Gasteiger partial charge in [-0.05, 0) is 28.1 Å². The van der Waals surface area contributed by atoms with Crippen molar-refractivity contribution >= 4 is 27.0 Å². The van der Waals surface area contributed by atoms with Crippen molar-refractivity contribution in [2.45, 2.75) is 6.54 Å². The SMILES string of the molecule is NCc1nc2c(Br)cccc2o1. The van der Waals surface area contributed by atoms with Gasteiger partial charge in [-0.25, -0.2) is 4.98 Å². The second-order valence-electron chi connectivity index (χ2n) is 2.40. The molecule has 0 amide bonds. The van der Waals surface area contributed by atoms with E-state index in [1.54, 1.807) is 0 Å². The van der Waals surface area contributed by atoms with Crippen molar-refractivity contribution in [2.75, 3.05) is 0 Å². The first-order chi connectivity index (χ1) is 5.81. The summed E-state index contributed by atoms with van der Waals surface area (Å²) in [5.74, 6) is 0.567. The molecular formula is C8H7BrN2O. The van der Waals surface area contributed by atoms with Gasteiger partial charge in [0.15, 0.2) is 5.58 Å². The predicted molar refractivity (Wildman–Crippen MR) is 49.6 cm³/mol. The first kappa shape index (κ1) is 7.76. The predicted octanol–water partition coefficient (Wildman–Crippen LogP) is 2.05. The van der Waals surface area contributed by atoms with Crippen molar-refractivity contribution in [3.8, 4) is 0 Å². The molecule has 3 nitrogen and oxygen atoms in total.